The number of fused-ring (bicyclic) bond motifs is 1. The number of nitrogens with one attached hydrogen (secondary N) is 1. The van der Waals surface area contributed by atoms with Crippen molar-refractivity contribution in [2.45, 2.75) is 32.6 Å². The van der Waals surface area contributed by atoms with Gasteiger partial charge in [-0.05, 0) is 48.6 Å². The zero-order valence-electron chi connectivity index (χ0n) is 13.9. The van der Waals surface area contributed by atoms with Gasteiger partial charge in [-0.25, -0.2) is 0 Å². The predicted octanol–water partition coefficient (Wildman–Crippen LogP) is 3.54. The molecule has 2 unspecified atom stereocenters. The molecule has 1 amide bonds. The number of carbonyl (C=O) groups is 2. The molecule has 4 nitrogen and oxygen atoms in total. The fourth-order valence-corrected chi connectivity index (χ4v) is 3.05. The summed E-state index contributed by atoms with van der Waals surface area (Å²) < 4.78 is 0. The Hall–Kier alpha value is -2.62. The molecule has 0 saturated heterocycles. The highest BCUT2D eigenvalue weighted by molar-refractivity contribution is 5.97. The average molecular weight is 323 g/mol. The highest BCUT2D eigenvalue weighted by atomic mass is 16.4. The molecule has 2 aromatic carbocycles. The molecule has 0 radical (unpaired) electrons. The van der Waals surface area contributed by atoms with Gasteiger partial charge in [-0.1, -0.05) is 42.8 Å². The first-order valence-electron chi connectivity index (χ1n) is 8.16. The molecular formula is C20H21NO3. The molecule has 0 aromatic heterocycles. The van der Waals surface area contributed by atoms with Crippen LogP contribution in [0.15, 0.2) is 42.5 Å². The van der Waals surface area contributed by atoms with Crippen molar-refractivity contribution < 1.29 is 14.7 Å². The normalized spacial score (nSPS) is 16.7. The number of carbonyl (C=O) groups excluding carboxylic acids is 1. The smallest absolute Gasteiger partial charge is 0.306 e. The van der Waals surface area contributed by atoms with Crippen LogP contribution in [-0.2, 0) is 22.4 Å². The number of rotatable bonds is 5. The van der Waals surface area contributed by atoms with Gasteiger partial charge in [0, 0.05) is 5.69 Å². The van der Waals surface area contributed by atoms with E-state index in [0.29, 0.717) is 6.42 Å². The highest BCUT2D eigenvalue weighted by Gasteiger charge is 2.32. The summed E-state index contributed by atoms with van der Waals surface area (Å²) in [4.78, 5) is 23.3. The number of hydrogen-bond acceptors (Lipinski definition) is 2. The summed E-state index contributed by atoms with van der Waals surface area (Å²) in [6.45, 7) is 3.72. The van der Waals surface area contributed by atoms with Gasteiger partial charge in [0.25, 0.3) is 0 Å². The monoisotopic (exact) mass is 323 g/mol. The molecule has 0 bridgehead atoms. The van der Waals surface area contributed by atoms with Crippen LogP contribution >= 0.6 is 0 Å². The predicted molar refractivity (Wildman–Crippen MR) is 93.2 cm³/mol. The summed E-state index contributed by atoms with van der Waals surface area (Å²) in [6.07, 6.45) is 1.27. The molecule has 3 rings (SSSR count). The van der Waals surface area contributed by atoms with Crippen LogP contribution in [0.4, 0.5) is 5.69 Å². The summed E-state index contributed by atoms with van der Waals surface area (Å²) in [7, 11) is 0. The van der Waals surface area contributed by atoms with Crippen molar-refractivity contribution in [1.82, 2.24) is 0 Å². The number of benzene rings is 2. The van der Waals surface area contributed by atoms with Crippen LogP contribution in [0.1, 0.15) is 35.1 Å². The molecule has 0 saturated carbocycles. The molecule has 1 aliphatic rings. The van der Waals surface area contributed by atoms with Gasteiger partial charge in [-0.2, -0.15) is 0 Å². The maximum atomic E-state index is 12.4. The molecule has 0 spiro atoms. The van der Waals surface area contributed by atoms with E-state index in [1.165, 1.54) is 11.1 Å². The Balaban J connectivity index is 1.62. The van der Waals surface area contributed by atoms with Crippen LogP contribution < -0.4 is 5.32 Å². The van der Waals surface area contributed by atoms with Crippen LogP contribution in [-0.4, -0.2) is 17.0 Å². The van der Waals surface area contributed by atoms with Crippen molar-refractivity contribution in [3.63, 3.8) is 0 Å². The largest absolute Gasteiger partial charge is 0.481 e. The molecule has 24 heavy (non-hydrogen) atoms. The van der Waals surface area contributed by atoms with Crippen molar-refractivity contribution in [3.8, 4) is 0 Å². The van der Waals surface area contributed by atoms with E-state index in [9.17, 15) is 9.59 Å². The summed E-state index contributed by atoms with van der Waals surface area (Å²) in [5.74, 6) is -1.28. The Morgan fingerprint density at radius 1 is 1.21 bits per heavy atom. The molecule has 4 heteroatoms. The maximum absolute atomic E-state index is 12.4. The second kappa shape index (κ2) is 6.48. The Morgan fingerprint density at radius 2 is 1.92 bits per heavy atom. The van der Waals surface area contributed by atoms with Crippen molar-refractivity contribution in [1.29, 1.82) is 0 Å². The molecule has 2 aromatic rings. The van der Waals surface area contributed by atoms with E-state index in [2.05, 4.69) is 23.5 Å². The third-order valence-corrected chi connectivity index (χ3v) is 4.60. The van der Waals surface area contributed by atoms with Crippen LogP contribution in [0.25, 0.3) is 0 Å². The van der Waals surface area contributed by atoms with E-state index in [-0.39, 0.29) is 11.8 Å². The van der Waals surface area contributed by atoms with E-state index < -0.39 is 11.9 Å². The molecule has 0 fully saturated rings. The van der Waals surface area contributed by atoms with Gasteiger partial charge in [0.1, 0.15) is 0 Å². The lowest BCUT2D eigenvalue weighted by Crippen LogP contribution is -2.30. The fourth-order valence-electron chi connectivity index (χ4n) is 3.05. The van der Waals surface area contributed by atoms with E-state index in [4.69, 9.17) is 5.11 Å². The van der Waals surface area contributed by atoms with Gasteiger partial charge >= 0.3 is 5.97 Å². The summed E-state index contributed by atoms with van der Waals surface area (Å²) in [6, 6.07) is 13.6. The van der Waals surface area contributed by atoms with Crippen LogP contribution in [0.5, 0.6) is 0 Å². The number of hydrogen-bond donors (Lipinski definition) is 2. The molecule has 124 valence electrons. The van der Waals surface area contributed by atoms with Crippen LogP contribution in [0.2, 0.25) is 0 Å². The van der Waals surface area contributed by atoms with Crippen LogP contribution in [0.3, 0.4) is 0 Å². The quantitative estimate of drug-likeness (QED) is 0.884. The Bertz CT molecular complexity index is 780. The van der Waals surface area contributed by atoms with Gasteiger partial charge in [0.15, 0.2) is 0 Å². The SMILES string of the molecule is Cc1ccc2c(c1)C(C(=O)Nc1ccc(CC(C)C(=O)O)cc1)C2. The van der Waals surface area contributed by atoms with Gasteiger partial charge in [-0.15, -0.1) is 0 Å². The summed E-state index contributed by atoms with van der Waals surface area (Å²) in [5.41, 5.74) is 5.24. The number of aryl methyl sites for hydroxylation is 1. The molecular weight excluding hydrogens is 302 g/mol. The number of anilines is 1. The minimum Gasteiger partial charge on any atom is -0.481 e. The van der Waals surface area contributed by atoms with Gasteiger partial charge in [-0.3, -0.25) is 9.59 Å². The summed E-state index contributed by atoms with van der Waals surface area (Å²) >= 11 is 0. The third kappa shape index (κ3) is 3.32. The first-order valence-corrected chi connectivity index (χ1v) is 8.16. The summed E-state index contributed by atoms with van der Waals surface area (Å²) in [5, 5.41) is 11.9. The standard InChI is InChI=1S/C20H21NO3/c1-12-3-6-15-11-18(17(15)9-12)19(22)21-16-7-4-14(5-8-16)10-13(2)20(23)24/h3-9,13,18H,10-11H2,1-2H3,(H,21,22)(H,23,24). The van der Waals surface area contributed by atoms with E-state index in [0.717, 1.165) is 23.2 Å². The lowest BCUT2D eigenvalue weighted by Gasteiger charge is -2.29. The molecule has 0 heterocycles. The van der Waals surface area contributed by atoms with Gasteiger partial charge in [0.2, 0.25) is 5.91 Å². The van der Waals surface area contributed by atoms with Crippen molar-refractivity contribution >= 4 is 17.6 Å². The lowest BCUT2D eigenvalue weighted by molar-refractivity contribution is -0.141. The van der Waals surface area contributed by atoms with Crippen molar-refractivity contribution in [3.05, 3.63) is 64.7 Å². The lowest BCUT2D eigenvalue weighted by atomic mass is 9.76. The molecule has 2 N–H and O–H groups in total. The van der Waals surface area contributed by atoms with Gasteiger partial charge < -0.3 is 10.4 Å². The zero-order valence-corrected chi connectivity index (χ0v) is 13.9. The minimum absolute atomic E-state index is 0.0137. The second-order valence-electron chi connectivity index (χ2n) is 6.59. The first kappa shape index (κ1) is 16.2. The number of carboxylic acid groups (broad SMARTS) is 1. The van der Waals surface area contributed by atoms with E-state index >= 15 is 0 Å². The molecule has 0 aliphatic heterocycles. The number of amides is 1. The van der Waals surface area contributed by atoms with Crippen molar-refractivity contribution in [2.75, 3.05) is 5.32 Å². The Kier molecular flexibility index (Phi) is 4.38. The van der Waals surface area contributed by atoms with Crippen LogP contribution in [0, 0.1) is 12.8 Å². The minimum atomic E-state index is -0.800. The topological polar surface area (TPSA) is 66.4 Å². The number of aliphatic carboxylic acids is 1. The van der Waals surface area contributed by atoms with Gasteiger partial charge in [0.05, 0.1) is 11.8 Å². The number of carboxylic acids is 1. The highest BCUT2D eigenvalue weighted by Crippen LogP contribution is 2.36. The third-order valence-electron chi connectivity index (χ3n) is 4.60. The average Bonchev–Trinajstić information content (AvgIpc) is 2.52. The molecule has 2 atom stereocenters. The Labute approximate surface area is 141 Å². The van der Waals surface area contributed by atoms with Crippen molar-refractivity contribution in [2.24, 2.45) is 5.92 Å². The molecule has 1 aliphatic carbocycles. The Morgan fingerprint density at radius 3 is 2.58 bits per heavy atom. The second-order valence-corrected chi connectivity index (χ2v) is 6.59. The first-order chi connectivity index (χ1) is 11.4. The maximum Gasteiger partial charge on any atom is 0.306 e. The van der Waals surface area contributed by atoms with E-state index in [1.807, 2.05) is 31.2 Å². The fraction of sp³-hybridized carbons (Fsp3) is 0.300. The van der Waals surface area contributed by atoms with E-state index in [1.54, 1.807) is 6.92 Å². The zero-order chi connectivity index (χ0) is 17.3.